The fourth-order valence-electron chi connectivity index (χ4n) is 1.97. The van der Waals surface area contributed by atoms with Crippen molar-refractivity contribution >= 4 is 34.7 Å². The third kappa shape index (κ3) is 6.30. The number of nitrogens with two attached hydrogens (primary N) is 1. The molecule has 0 atom stereocenters. The van der Waals surface area contributed by atoms with E-state index in [1.54, 1.807) is 0 Å². The minimum atomic E-state index is 0.461. The monoisotopic (exact) mass is 296 g/mol. The largest absolute Gasteiger partial charge is 0.389 e. The van der Waals surface area contributed by atoms with Gasteiger partial charge in [0.15, 0.2) is 0 Å². The van der Waals surface area contributed by atoms with E-state index < -0.39 is 0 Å². The molecule has 0 bridgehead atoms. The number of unbranched alkanes of at least 4 members (excludes halogenated alkanes) is 3. The van der Waals surface area contributed by atoms with Crippen LogP contribution in [0.25, 0.3) is 0 Å². The highest BCUT2D eigenvalue weighted by Gasteiger charge is 2.04. The molecule has 0 unspecified atom stereocenters. The van der Waals surface area contributed by atoms with Gasteiger partial charge in [-0.1, -0.05) is 31.1 Å². The zero-order valence-corrected chi connectivity index (χ0v) is 13.5. The van der Waals surface area contributed by atoms with Crippen molar-refractivity contribution in [1.82, 2.24) is 0 Å². The maximum atomic E-state index is 5.74. The summed E-state index contributed by atoms with van der Waals surface area (Å²) >= 11 is 7.00. The van der Waals surface area contributed by atoms with E-state index >= 15 is 0 Å². The number of aryl methyl sites for hydroxylation is 1. The van der Waals surface area contributed by atoms with Gasteiger partial charge in [0.2, 0.25) is 0 Å². The van der Waals surface area contributed by atoms with E-state index in [0.717, 1.165) is 17.8 Å². The van der Waals surface area contributed by atoms with Crippen molar-refractivity contribution in [2.24, 2.45) is 5.73 Å². The number of thiocarbonyl (C=S) groups is 1. The Morgan fingerprint density at radius 3 is 2.68 bits per heavy atom. The number of nitrogens with one attached hydrogen (secondary N) is 1. The van der Waals surface area contributed by atoms with Crippen molar-refractivity contribution in [3.63, 3.8) is 0 Å². The number of rotatable bonds is 9. The van der Waals surface area contributed by atoms with Crippen molar-refractivity contribution in [3.05, 3.63) is 29.3 Å². The lowest BCUT2D eigenvalue weighted by molar-refractivity contribution is 0.689. The van der Waals surface area contributed by atoms with Crippen LogP contribution in [-0.2, 0) is 0 Å². The molecule has 0 spiro atoms. The van der Waals surface area contributed by atoms with Gasteiger partial charge < -0.3 is 11.1 Å². The van der Waals surface area contributed by atoms with Gasteiger partial charge in [0, 0.05) is 17.8 Å². The number of hydrogen-bond donors (Lipinski definition) is 2. The van der Waals surface area contributed by atoms with E-state index in [1.807, 2.05) is 23.9 Å². The molecule has 0 saturated heterocycles. The van der Waals surface area contributed by atoms with Crippen molar-refractivity contribution < 1.29 is 0 Å². The molecule has 106 valence electrons. The molecule has 0 amide bonds. The fraction of sp³-hybridized carbons (Fsp3) is 0.533. The molecule has 0 saturated carbocycles. The van der Waals surface area contributed by atoms with Crippen LogP contribution in [0.15, 0.2) is 18.2 Å². The maximum Gasteiger partial charge on any atom is 0.106 e. The molecule has 0 radical (unpaired) electrons. The van der Waals surface area contributed by atoms with Gasteiger partial charge in [-0.05, 0) is 49.5 Å². The first-order valence-electron chi connectivity index (χ1n) is 6.78. The van der Waals surface area contributed by atoms with Crippen molar-refractivity contribution in [3.8, 4) is 0 Å². The fourth-order valence-corrected chi connectivity index (χ4v) is 2.64. The van der Waals surface area contributed by atoms with Gasteiger partial charge in [0.1, 0.15) is 4.99 Å². The molecule has 0 aliphatic rings. The van der Waals surface area contributed by atoms with Gasteiger partial charge in [-0.25, -0.2) is 0 Å². The summed E-state index contributed by atoms with van der Waals surface area (Å²) in [6.45, 7) is 3.06. The summed E-state index contributed by atoms with van der Waals surface area (Å²) in [4.78, 5) is 0.461. The average Bonchev–Trinajstić information content (AvgIpc) is 2.37. The summed E-state index contributed by atoms with van der Waals surface area (Å²) in [5.41, 5.74) is 8.98. The van der Waals surface area contributed by atoms with E-state index in [-0.39, 0.29) is 0 Å². The van der Waals surface area contributed by atoms with Crippen LogP contribution in [0.1, 0.15) is 36.8 Å². The zero-order valence-electron chi connectivity index (χ0n) is 11.9. The predicted octanol–water partition coefficient (Wildman–Crippen LogP) is 3.96. The Kier molecular flexibility index (Phi) is 7.91. The van der Waals surface area contributed by atoms with E-state index in [9.17, 15) is 0 Å². The number of thioether (sulfide) groups is 1. The highest BCUT2D eigenvalue weighted by Crippen LogP contribution is 2.17. The SMILES string of the molecule is CSCCCCCCNc1cc(C)ccc1C(N)=S. The minimum absolute atomic E-state index is 0.461. The Morgan fingerprint density at radius 2 is 2.00 bits per heavy atom. The topological polar surface area (TPSA) is 38.0 Å². The van der Waals surface area contributed by atoms with Gasteiger partial charge in [-0.3, -0.25) is 0 Å². The Hall–Kier alpha value is -0.740. The third-order valence-corrected chi connectivity index (χ3v) is 3.95. The highest BCUT2D eigenvalue weighted by atomic mass is 32.2. The van der Waals surface area contributed by atoms with Gasteiger partial charge in [-0.2, -0.15) is 11.8 Å². The molecular weight excluding hydrogens is 272 g/mol. The van der Waals surface area contributed by atoms with Crippen LogP contribution < -0.4 is 11.1 Å². The van der Waals surface area contributed by atoms with Crippen molar-refractivity contribution in [1.29, 1.82) is 0 Å². The summed E-state index contributed by atoms with van der Waals surface area (Å²) in [6.07, 6.45) is 7.28. The first-order chi connectivity index (χ1) is 9.15. The second-order valence-electron chi connectivity index (χ2n) is 4.75. The van der Waals surface area contributed by atoms with Gasteiger partial charge in [0.25, 0.3) is 0 Å². The maximum absolute atomic E-state index is 5.74. The molecular formula is C15H24N2S2. The van der Waals surface area contributed by atoms with E-state index in [0.29, 0.717) is 4.99 Å². The second kappa shape index (κ2) is 9.21. The summed E-state index contributed by atoms with van der Waals surface area (Å²) in [5.74, 6) is 1.27. The molecule has 3 N–H and O–H groups in total. The van der Waals surface area contributed by atoms with Crippen molar-refractivity contribution in [2.45, 2.75) is 32.6 Å². The molecule has 0 aliphatic heterocycles. The molecule has 0 aliphatic carbocycles. The Morgan fingerprint density at radius 1 is 1.26 bits per heavy atom. The summed E-state index contributed by atoms with van der Waals surface area (Å²) in [5, 5.41) is 3.45. The van der Waals surface area contributed by atoms with Crippen LogP contribution in [-0.4, -0.2) is 23.5 Å². The lowest BCUT2D eigenvalue weighted by atomic mass is 10.1. The Labute approximate surface area is 126 Å². The van der Waals surface area contributed by atoms with Crippen LogP contribution in [0.3, 0.4) is 0 Å². The molecule has 19 heavy (non-hydrogen) atoms. The van der Waals surface area contributed by atoms with Crippen LogP contribution in [0.2, 0.25) is 0 Å². The van der Waals surface area contributed by atoms with E-state index in [1.165, 1.54) is 37.0 Å². The number of hydrogen-bond acceptors (Lipinski definition) is 3. The molecule has 0 aromatic heterocycles. The van der Waals surface area contributed by atoms with E-state index in [2.05, 4.69) is 24.6 Å². The lowest BCUT2D eigenvalue weighted by Crippen LogP contribution is -2.14. The van der Waals surface area contributed by atoms with Gasteiger partial charge in [-0.15, -0.1) is 0 Å². The second-order valence-corrected chi connectivity index (χ2v) is 6.17. The highest BCUT2D eigenvalue weighted by molar-refractivity contribution is 7.98. The predicted molar refractivity (Wildman–Crippen MR) is 92.4 cm³/mol. The minimum Gasteiger partial charge on any atom is -0.389 e. The van der Waals surface area contributed by atoms with Gasteiger partial charge in [0.05, 0.1) is 0 Å². The Bertz CT molecular complexity index is 405. The quantitative estimate of drug-likeness (QED) is 0.534. The molecule has 0 fully saturated rings. The van der Waals surface area contributed by atoms with Crippen LogP contribution in [0.5, 0.6) is 0 Å². The summed E-state index contributed by atoms with van der Waals surface area (Å²) in [6, 6.07) is 6.16. The van der Waals surface area contributed by atoms with Crippen LogP contribution in [0.4, 0.5) is 5.69 Å². The van der Waals surface area contributed by atoms with Crippen LogP contribution >= 0.6 is 24.0 Å². The molecule has 1 aromatic carbocycles. The zero-order chi connectivity index (χ0) is 14.1. The Balaban J connectivity index is 2.36. The molecule has 1 rings (SSSR count). The lowest BCUT2D eigenvalue weighted by Gasteiger charge is -2.12. The number of anilines is 1. The van der Waals surface area contributed by atoms with E-state index in [4.69, 9.17) is 18.0 Å². The summed E-state index contributed by atoms with van der Waals surface area (Å²) < 4.78 is 0. The number of benzene rings is 1. The standard InChI is InChI=1S/C15H24N2S2/c1-12-7-8-13(15(16)18)14(11-12)17-9-5-3-4-6-10-19-2/h7-8,11,17H,3-6,9-10H2,1-2H3,(H2,16,18). The smallest absolute Gasteiger partial charge is 0.106 e. The molecule has 4 heteroatoms. The first-order valence-corrected chi connectivity index (χ1v) is 8.58. The molecule has 2 nitrogen and oxygen atoms in total. The first kappa shape index (κ1) is 16.3. The molecule has 1 aromatic rings. The van der Waals surface area contributed by atoms with Crippen molar-refractivity contribution in [2.75, 3.05) is 23.9 Å². The molecule has 0 heterocycles. The average molecular weight is 297 g/mol. The van der Waals surface area contributed by atoms with Crippen LogP contribution in [0, 0.1) is 6.92 Å². The third-order valence-electron chi connectivity index (χ3n) is 3.03. The van der Waals surface area contributed by atoms with Gasteiger partial charge >= 0.3 is 0 Å². The summed E-state index contributed by atoms with van der Waals surface area (Å²) in [7, 11) is 0. The normalized spacial score (nSPS) is 10.4.